The summed E-state index contributed by atoms with van der Waals surface area (Å²) in [5.74, 6) is -0.582. The highest BCUT2D eigenvalue weighted by Gasteiger charge is 2.39. The maximum absolute atomic E-state index is 13.2. The van der Waals surface area contributed by atoms with Crippen molar-refractivity contribution in [3.8, 4) is 5.75 Å². The van der Waals surface area contributed by atoms with Gasteiger partial charge in [0.1, 0.15) is 11.5 Å². The predicted octanol–water partition coefficient (Wildman–Crippen LogP) is 3.09. The minimum Gasteiger partial charge on any atom is -0.506 e. The molecule has 9 nitrogen and oxygen atoms in total. The molecule has 1 saturated heterocycles. The number of nitrogens with one attached hydrogen (secondary N) is 1. The van der Waals surface area contributed by atoms with Crippen LogP contribution in [0.15, 0.2) is 33.5 Å². The fourth-order valence-electron chi connectivity index (χ4n) is 5.33. The molecule has 1 aliphatic heterocycles. The van der Waals surface area contributed by atoms with Gasteiger partial charge in [-0.2, -0.15) is 12.7 Å². The zero-order valence-corrected chi connectivity index (χ0v) is 21.3. The molecule has 0 amide bonds. The van der Waals surface area contributed by atoms with Crippen molar-refractivity contribution in [3.63, 3.8) is 0 Å². The first-order valence-corrected chi connectivity index (χ1v) is 14.2. The number of hydrogen-bond acceptors (Lipinski definition) is 7. The summed E-state index contributed by atoms with van der Waals surface area (Å²) in [6.07, 6.45) is 4.90. The van der Waals surface area contributed by atoms with Crippen molar-refractivity contribution in [1.29, 1.82) is 0 Å². The van der Waals surface area contributed by atoms with E-state index in [4.69, 9.17) is 4.42 Å². The van der Waals surface area contributed by atoms with Gasteiger partial charge in [-0.05, 0) is 56.3 Å². The standard InChI is InChI=1S/C26H33N3O6S/c1-28-12-14-29(15-13-28)36(33,34)27-19-7-5-6-18(16-19)22(17-10-11-17)24-25(31)23-20(30)8-3-2-4-9-21(23)35-26(24)32/h5-7,16-17,22,27,31H,2-4,8-15H2,1H3. The van der Waals surface area contributed by atoms with E-state index in [9.17, 15) is 23.1 Å². The van der Waals surface area contributed by atoms with Crippen LogP contribution in [0.1, 0.15) is 71.7 Å². The average Bonchev–Trinajstić information content (AvgIpc) is 3.65. The van der Waals surface area contributed by atoms with Crippen LogP contribution in [0.4, 0.5) is 5.69 Å². The molecular formula is C26H33N3O6S. The van der Waals surface area contributed by atoms with Gasteiger partial charge in [-0.1, -0.05) is 18.6 Å². The van der Waals surface area contributed by atoms with Crippen LogP contribution < -0.4 is 10.3 Å². The van der Waals surface area contributed by atoms with Crippen LogP contribution in [0.5, 0.6) is 5.75 Å². The lowest BCUT2D eigenvalue weighted by Gasteiger charge is -2.31. The number of hydrogen-bond donors (Lipinski definition) is 2. The number of piperazine rings is 1. The van der Waals surface area contributed by atoms with Gasteiger partial charge in [-0.25, -0.2) is 4.79 Å². The van der Waals surface area contributed by atoms with Crippen molar-refractivity contribution in [3.05, 3.63) is 57.1 Å². The lowest BCUT2D eigenvalue weighted by atomic mass is 9.85. The van der Waals surface area contributed by atoms with E-state index in [-0.39, 0.29) is 34.3 Å². The van der Waals surface area contributed by atoms with Crippen molar-refractivity contribution in [2.45, 2.75) is 50.9 Å². The fourth-order valence-corrected chi connectivity index (χ4v) is 6.53. The molecule has 36 heavy (non-hydrogen) atoms. The highest BCUT2D eigenvalue weighted by Crippen LogP contribution is 2.49. The van der Waals surface area contributed by atoms with Crippen molar-refractivity contribution in [2.24, 2.45) is 5.92 Å². The first kappa shape index (κ1) is 25.0. The third-order valence-corrected chi connectivity index (χ3v) is 9.03. The minimum absolute atomic E-state index is 0.101. The highest BCUT2D eigenvalue weighted by atomic mass is 32.2. The second-order valence-corrected chi connectivity index (χ2v) is 11.9. The van der Waals surface area contributed by atoms with Crippen molar-refractivity contribution < 1.29 is 22.7 Å². The van der Waals surface area contributed by atoms with Gasteiger partial charge < -0.3 is 14.4 Å². The SMILES string of the molecule is CN1CCN(S(=O)(=O)Nc2cccc(C(c3c(O)c4c(oc3=O)CCCCCC4=O)C3CC3)c2)CC1. The Balaban J connectivity index is 1.50. The first-order valence-electron chi connectivity index (χ1n) is 12.7. The summed E-state index contributed by atoms with van der Waals surface area (Å²) in [6, 6.07) is 6.96. The fraction of sp³-hybridized carbons (Fsp3) is 0.538. The van der Waals surface area contributed by atoms with E-state index in [1.165, 1.54) is 4.31 Å². The van der Waals surface area contributed by atoms with Gasteiger partial charge in [-0.15, -0.1) is 0 Å². The second kappa shape index (κ2) is 9.99. The largest absolute Gasteiger partial charge is 0.506 e. The molecule has 194 valence electrons. The van der Waals surface area contributed by atoms with Crippen LogP contribution >= 0.6 is 0 Å². The number of carbonyl (C=O) groups excluding carboxylic acids is 1. The molecule has 3 aliphatic rings. The summed E-state index contributed by atoms with van der Waals surface area (Å²) >= 11 is 0. The highest BCUT2D eigenvalue weighted by molar-refractivity contribution is 7.90. The van der Waals surface area contributed by atoms with E-state index in [2.05, 4.69) is 9.62 Å². The van der Waals surface area contributed by atoms with Gasteiger partial charge in [0.2, 0.25) is 0 Å². The number of nitrogens with zero attached hydrogens (tertiary/aromatic N) is 2. The number of likely N-dealkylation sites (N-methyl/N-ethyl adjacent to an activating group) is 1. The lowest BCUT2D eigenvalue weighted by molar-refractivity contribution is 0.0968. The smallest absolute Gasteiger partial charge is 0.343 e. The number of aryl methyl sites for hydroxylation is 1. The molecular weight excluding hydrogens is 482 g/mol. The van der Waals surface area contributed by atoms with Crippen molar-refractivity contribution >= 4 is 21.7 Å². The lowest BCUT2D eigenvalue weighted by Crippen LogP contribution is -2.48. The van der Waals surface area contributed by atoms with Crippen LogP contribution in [-0.4, -0.2) is 61.7 Å². The number of Topliss-reactive ketones (excluding diaryl/α,β-unsaturated/α-hetero) is 1. The molecule has 10 heteroatoms. The quantitative estimate of drug-likeness (QED) is 0.607. The Bertz CT molecular complexity index is 1310. The molecule has 1 aromatic heterocycles. The Morgan fingerprint density at radius 3 is 2.50 bits per heavy atom. The van der Waals surface area contributed by atoms with Crippen LogP contribution in [0.3, 0.4) is 0 Å². The van der Waals surface area contributed by atoms with Gasteiger partial charge in [0.05, 0.1) is 16.8 Å². The van der Waals surface area contributed by atoms with Gasteiger partial charge in [0.25, 0.3) is 0 Å². The monoisotopic (exact) mass is 515 g/mol. The summed E-state index contributed by atoms with van der Waals surface area (Å²) in [4.78, 5) is 28.1. The molecule has 2 aromatic rings. The Morgan fingerprint density at radius 2 is 1.78 bits per heavy atom. The molecule has 2 heterocycles. The summed E-state index contributed by atoms with van der Waals surface area (Å²) in [6.45, 7) is 2.15. The zero-order valence-electron chi connectivity index (χ0n) is 20.5. The van der Waals surface area contributed by atoms with E-state index in [1.807, 2.05) is 13.1 Å². The summed E-state index contributed by atoms with van der Waals surface area (Å²) in [5, 5.41) is 11.3. The first-order chi connectivity index (χ1) is 17.2. The Morgan fingerprint density at radius 1 is 1.06 bits per heavy atom. The topological polar surface area (TPSA) is 120 Å². The van der Waals surface area contributed by atoms with Gasteiger partial charge in [-0.3, -0.25) is 9.52 Å². The van der Waals surface area contributed by atoms with Gasteiger partial charge >= 0.3 is 15.8 Å². The predicted molar refractivity (Wildman–Crippen MR) is 136 cm³/mol. The number of rotatable bonds is 6. The van der Waals surface area contributed by atoms with E-state index >= 15 is 0 Å². The van der Waals surface area contributed by atoms with Gasteiger partial charge in [0.15, 0.2) is 5.78 Å². The maximum atomic E-state index is 13.2. The molecule has 0 spiro atoms. The number of benzene rings is 1. The van der Waals surface area contributed by atoms with Crippen molar-refractivity contribution in [1.82, 2.24) is 9.21 Å². The molecule has 1 aromatic carbocycles. The second-order valence-electron chi connectivity index (χ2n) is 10.2. The van der Waals surface area contributed by atoms with E-state index in [0.717, 1.165) is 32.1 Å². The van der Waals surface area contributed by atoms with E-state index < -0.39 is 21.8 Å². The molecule has 0 bridgehead atoms. The molecule has 1 unspecified atom stereocenters. The summed E-state index contributed by atoms with van der Waals surface area (Å²) in [7, 11) is -1.77. The molecule has 1 saturated carbocycles. The molecule has 2 N–H and O–H groups in total. The number of aromatic hydroxyl groups is 1. The third kappa shape index (κ3) is 5.07. The van der Waals surface area contributed by atoms with E-state index in [0.29, 0.717) is 50.3 Å². The Kier molecular flexibility index (Phi) is 6.93. The minimum atomic E-state index is -3.73. The molecule has 1 atom stereocenters. The molecule has 2 aliphatic carbocycles. The van der Waals surface area contributed by atoms with Crippen LogP contribution in [0.2, 0.25) is 0 Å². The average molecular weight is 516 g/mol. The van der Waals surface area contributed by atoms with Gasteiger partial charge in [0, 0.05) is 44.9 Å². The van der Waals surface area contributed by atoms with Crippen molar-refractivity contribution in [2.75, 3.05) is 37.9 Å². The van der Waals surface area contributed by atoms with Crippen LogP contribution in [0.25, 0.3) is 0 Å². The van der Waals surface area contributed by atoms with E-state index in [1.54, 1.807) is 18.2 Å². The number of carbonyl (C=O) groups is 1. The van der Waals surface area contributed by atoms with Crippen LogP contribution in [-0.2, 0) is 16.6 Å². The zero-order chi connectivity index (χ0) is 25.4. The Hall–Kier alpha value is -2.69. The molecule has 0 radical (unpaired) electrons. The summed E-state index contributed by atoms with van der Waals surface area (Å²) in [5.41, 5.74) is 0.714. The summed E-state index contributed by atoms with van der Waals surface area (Å²) < 4.78 is 35.7. The number of fused-ring (bicyclic) bond motifs is 1. The molecule has 2 fully saturated rings. The molecule has 5 rings (SSSR count). The number of anilines is 1. The normalized spacial score (nSPS) is 20.9. The number of ketones is 1. The Labute approximate surface area is 211 Å². The maximum Gasteiger partial charge on any atom is 0.343 e. The third-order valence-electron chi connectivity index (χ3n) is 7.49. The van der Waals surface area contributed by atoms with Crippen LogP contribution in [0, 0.1) is 5.92 Å².